The Labute approximate surface area is 169 Å². The van der Waals surface area contributed by atoms with Crippen LogP contribution < -0.4 is 15.4 Å². The highest BCUT2D eigenvalue weighted by Gasteiger charge is 2.09. The number of ether oxygens (including phenoxy) is 1. The number of aliphatic hydroxyl groups is 1. The van der Waals surface area contributed by atoms with E-state index in [2.05, 4.69) is 26.6 Å². The first-order chi connectivity index (χ1) is 11.6. The molecule has 0 bridgehead atoms. The standard InChI is InChI=1S/C16H25F2N3O2S.HI/c1-3-19-16(20-9-4-10-24-2)21-11-14(22)12-5-7-13(8-6-12)23-15(17)18;/h5-8,14-15,22H,3-4,9-11H2,1-2H3,(H2,19,20,21);1H. The second-order valence-corrected chi connectivity index (χ2v) is 5.94. The minimum absolute atomic E-state index is 0. The second-order valence-electron chi connectivity index (χ2n) is 4.96. The number of benzene rings is 1. The number of halogens is 3. The molecule has 25 heavy (non-hydrogen) atoms. The van der Waals surface area contributed by atoms with Gasteiger partial charge in [-0.3, -0.25) is 4.99 Å². The van der Waals surface area contributed by atoms with Gasteiger partial charge in [-0.2, -0.15) is 20.5 Å². The van der Waals surface area contributed by atoms with E-state index in [0.29, 0.717) is 11.5 Å². The van der Waals surface area contributed by atoms with Crippen LogP contribution in [0, 0.1) is 0 Å². The monoisotopic (exact) mass is 489 g/mol. The Hall–Kier alpha value is -0.810. The molecule has 1 atom stereocenters. The van der Waals surface area contributed by atoms with Gasteiger partial charge in [0.15, 0.2) is 5.96 Å². The molecular formula is C16H26F2IN3O2S. The van der Waals surface area contributed by atoms with Gasteiger partial charge in [0.05, 0.1) is 12.6 Å². The summed E-state index contributed by atoms with van der Waals surface area (Å²) < 4.78 is 28.5. The van der Waals surface area contributed by atoms with E-state index in [0.717, 1.165) is 25.3 Å². The number of nitrogens with zero attached hydrogens (tertiary/aromatic N) is 1. The van der Waals surface area contributed by atoms with Crippen molar-refractivity contribution in [2.45, 2.75) is 26.1 Å². The molecule has 1 unspecified atom stereocenters. The lowest BCUT2D eigenvalue weighted by Gasteiger charge is -2.13. The van der Waals surface area contributed by atoms with E-state index in [-0.39, 0.29) is 36.3 Å². The molecule has 0 amide bonds. The predicted octanol–water partition coefficient (Wildman–Crippen LogP) is 3.25. The highest BCUT2D eigenvalue weighted by atomic mass is 127. The van der Waals surface area contributed by atoms with Crippen molar-refractivity contribution in [3.8, 4) is 5.75 Å². The molecule has 0 aliphatic rings. The molecule has 0 aromatic heterocycles. The van der Waals surface area contributed by atoms with Gasteiger partial charge in [0.1, 0.15) is 5.75 Å². The van der Waals surface area contributed by atoms with Gasteiger partial charge in [0.25, 0.3) is 0 Å². The molecule has 5 nitrogen and oxygen atoms in total. The summed E-state index contributed by atoms with van der Waals surface area (Å²) in [6.07, 6.45) is 2.28. The smallest absolute Gasteiger partial charge is 0.387 e. The quantitative estimate of drug-likeness (QED) is 0.204. The number of thioether (sulfide) groups is 1. The van der Waals surface area contributed by atoms with Crippen LogP contribution in [0.2, 0.25) is 0 Å². The van der Waals surface area contributed by atoms with Gasteiger partial charge in [0, 0.05) is 13.1 Å². The Morgan fingerprint density at radius 3 is 2.52 bits per heavy atom. The lowest BCUT2D eigenvalue weighted by molar-refractivity contribution is -0.0498. The normalized spacial score (nSPS) is 12.5. The van der Waals surface area contributed by atoms with Gasteiger partial charge in [-0.25, -0.2) is 0 Å². The molecule has 1 aromatic rings. The van der Waals surface area contributed by atoms with Crippen LogP contribution in [0.4, 0.5) is 8.78 Å². The van der Waals surface area contributed by atoms with Crippen LogP contribution in [0.15, 0.2) is 29.3 Å². The summed E-state index contributed by atoms with van der Waals surface area (Å²) in [6.45, 7) is 0.821. The van der Waals surface area contributed by atoms with E-state index in [9.17, 15) is 13.9 Å². The van der Waals surface area contributed by atoms with E-state index >= 15 is 0 Å². The molecule has 144 valence electrons. The number of nitrogens with one attached hydrogen (secondary N) is 2. The topological polar surface area (TPSA) is 65.9 Å². The van der Waals surface area contributed by atoms with Crippen LogP contribution in [0.1, 0.15) is 25.0 Å². The van der Waals surface area contributed by atoms with Crippen molar-refractivity contribution in [1.82, 2.24) is 10.6 Å². The summed E-state index contributed by atoms with van der Waals surface area (Å²) in [5.74, 6) is 1.78. The third kappa shape index (κ3) is 10.7. The summed E-state index contributed by atoms with van der Waals surface area (Å²) in [5.41, 5.74) is 0.596. The van der Waals surface area contributed by atoms with E-state index in [4.69, 9.17) is 0 Å². The molecule has 3 N–H and O–H groups in total. The van der Waals surface area contributed by atoms with Crippen LogP contribution in [0.25, 0.3) is 0 Å². The van der Waals surface area contributed by atoms with Crippen molar-refractivity contribution < 1.29 is 18.6 Å². The van der Waals surface area contributed by atoms with Crippen LogP contribution in [0.5, 0.6) is 5.75 Å². The van der Waals surface area contributed by atoms with Crippen molar-refractivity contribution in [2.24, 2.45) is 4.99 Å². The molecule has 1 rings (SSSR count). The maximum atomic E-state index is 12.1. The predicted molar refractivity (Wildman–Crippen MR) is 110 cm³/mol. The van der Waals surface area contributed by atoms with E-state index in [1.807, 2.05) is 6.92 Å². The average Bonchev–Trinajstić information content (AvgIpc) is 2.56. The minimum Gasteiger partial charge on any atom is -0.435 e. The van der Waals surface area contributed by atoms with Crippen LogP contribution >= 0.6 is 35.7 Å². The first kappa shape index (κ1) is 24.2. The lowest BCUT2D eigenvalue weighted by Crippen LogP contribution is -2.38. The summed E-state index contributed by atoms with van der Waals surface area (Å²) in [4.78, 5) is 4.34. The Morgan fingerprint density at radius 1 is 1.28 bits per heavy atom. The maximum absolute atomic E-state index is 12.1. The fraction of sp³-hybridized carbons (Fsp3) is 0.562. The SMILES string of the molecule is CCNC(=NCC(O)c1ccc(OC(F)F)cc1)NCCCSC.I. The summed E-state index contributed by atoms with van der Waals surface area (Å²) in [6, 6.07) is 5.91. The number of aliphatic imine (C=N–C) groups is 1. The third-order valence-electron chi connectivity index (χ3n) is 3.07. The number of rotatable bonds is 10. The van der Waals surface area contributed by atoms with Crippen molar-refractivity contribution in [2.75, 3.05) is 31.6 Å². The Kier molecular flexibility index (Phi) is 13.9. The highest BCUT2D eigenvalue weighted by molar-refractivity contribution is 14.0. The summed E-state index contributed by atoms with van der Waals surface area (Å²) in [5, 5.41) is 16.5. The first-order valence-corrected chi connectivity index (χ1v) is 9.20. The van der Waals surface area contributed by atoms with Crippen molar-refractivity contribution >= 4 is 41.7 Å². The number of aliphatic hydroxyl groups excluding tert-OH is 1. The molecular weight excluding hydrogens is 463 g/mol. The van der Waals surface area contributed by atoms with Gasteiger partial charge in [-0.05, 0) is 43.0 Å². The van der Waals surface area contributed by atoms with Crippen molar-refractivity contribution in [3.05, 3.63) is 29.8 Å². The molecule has 0 aliphatic heterocycles. The van der Waals surface area contributed by atoms with Gasteiger partial charge in [-0.1, -0.05) is 12.1 Å². The first-order valence-electron chi connectivity index (χ1n) is 7.80. The van der Waals surface area contributed by atoms with Gasteiger partial charge in [-0.15, -0.1) is 24.0 Å². The Morgan fingerprint density at radius 2 is 1.96 bits per heavy atom. The molecule has 0 heterocycles. The molecule has 0 aliphatic carbocycles. The fourth-order valence-corrected chi connectivity index (χ4v) is 2.35. The minimum atomic E-state index is -2.86. The van der Waals surface area contributed by atoms with E-state index in [1.54, 1.807) is 23.9 Å². The van der Waals surface area contributed by atoms with E-state index < -0.39 is 12.7 Å². The number of hydrogen-bond acceptors (Lipinski definition) is 4. The molecule has 1 aromatic carbocycles. The summed E-state index contributed by atoms with van der Waals surface area (Å²) in [7, 11) is 0. The average molecular weight is 489 g/mol. The zero-order chi connectivity index (χ0) is 17.8. The Balaban J connectivity index is 0.00000576. The molecule has 0 fully saturated rings. The zero-order valence-electron chi connectivity index (χ0n) is 14.4. The van der Waals surface area contributed by atoms with E-state index in [1.165, 1.54) is 12.1 Å². The lowest BCUT2D eigenvalue weighted by atomic mass is 10.1. The van der Waals surface area contributed by atoms with Crippen LogP contribution in [-0.2, 0) is 0 Å². The van der Waals surface area contributed by atoms with Gasteiger partial charge in [0.2, 0.25) is 0 Å². The molecule has 0 radical (unpaired) electrons. The fourth-order valence-electron chi connectivity index (χ4n) is 1.92. The van der Waals surface area contributed by atoms with Crippen LogP contribution in [0.3, 0.4) is 0 Å². The highest BCUT2D eigenvalue weighted by Crippen LogP contribution is 2.19. The molecule has 0 saturated carbocycles. The van der Waals surface area contributed by atoms with Crippen molar-refractivity contribution in [3.63, 3.8) is 0 Å². The maximum Gasteiger partial charge on any atom is 0.387 e. The van der Waals surface area contributed by atoms with Gasteiger partial charge >= 0.3 is 6.61 Å². The summed E-state index contributed by atoms with van der Waals surface area (Å²) >= 11 is 1.79. The molecule has 0 saturated heterocycles. The number of guanidine groups is 1. The van der Waals surface area contributed by atoms with Crippen LogP contribution in [-0.4, -0.2) is 49.3 Å². The Bertz CT molecular complexity index is 493. The van der Waals surface area contributed by atoms with Crippen molar-refractivity contribution in [1.29, 1.82) is 0 Å². The second kappa shape index (κ2) is 14.4. The number of hydrogen-bond donors (Lipinski definition) is 3. The molecule has 0 spiro atoms. The molecule has 9 heteroatoms. The zero-order valence-corrected chi connectivity index (χ0v) is 17.5. The van der Waals surface area contributed by atoms with Gasteiger partial charge < -0.3 is 20.5 Å². The largest absolute Gasteiger partial charge is 0.435 e. The number of alkyl halides is 2. The third-order valence-corrected chi connectivity index (χ3v) is 3.77.